The van der Waals surface area contributed by atoms with Gasteiger partial charge in [0.25, 0.3) is 0 Å². The van der Waals surface area contributed by atoms with Crippen LogP contribution in [0.1, 0.15) is 97.1 Å². The van der Waals surface area contributed by atoms with E-state index < -0.39 is 17.7 Å². The number of piperidine rings is 1. The molecule has 11 heteroatoms. The molecule has 1 saturated heterocycles. The van der Waals surface area contributed by atoms with Gasteiger partial charge in [0.05, 0.1) is 18.9 Å². The van der Waals surface area contributed by atoms with Crippen LogP contribution in [0.5, 0.6) is 11.5 Å². The lowest BCUT2D eigenvalue weighted by Crippen LogP contribution is -2.47. The number of nitrogens with one attached hydrogen (secondary N) is 2. The van der Waals surface area contributed by atoms with Gasteiger partial charge in [-0.15, -0.1) is 0 Å². The molecule has 2 aliphatic rings. The van der Waals surface area contributed by atoms with E-state index in [1.54, 1.807) is 11.0 Å². The maximum absolute atomic E-state index is 14.2. The highest BCUT2D eigenvalue weighted by molar-refractivity contribution is 5.97. The first-order valence-corrected chi connectivity index (χ1v) is 20.5. The quantitative estimate of drug-likeness (QED) is 0.123. The van der Waals surface area contributed by atoms with Crippen LogP contribution in [-0.2, 0) is 14.3 Å². The van der Waals surface area contributed by atoms with Crippen LogP contribution in [0.25, 0.3) is 11.1 Å². The lowest BCUT2D eigenvalue weighted by Gasteiger charge is -2.34. The van der Waals surface area contributed by atoms with Crippen LogP contribution in [0.3, 0.4) is 0 Å². The van der Waals surface area contributed by atoms with E-state index in [4.69, 9.17) is 18.9 Å². The van der Waals surface area contributed by atoms with Gasteiger partial charge in [-0.05, 0) is 106 Å². The Morgan fingerprint density at radius 3 is 2.12 bits per heavy atom. The molecule has 0 saturated carbocycles. The first-order valence-electron chi connectivity index (χ1n) is 20.5. The maximum atomic E-state index is 14.2. The first-order chi connectivity index (χ1) is 27.0. The van der Waals surface area contributed by atoms with Crippen molar-refractivity contribution in [3.63, 3.8) is 0 Å². The third-order valence-electron chi connectivity index (χ3n) is 10.5. The predicted molar refractivity (Wildman–Crippen MR) is 221 cm³/mol. The van der Waals surface area contributed by atoms with Crippen LogP contribution < -0.4 is 20.1 Å². The smallest absolute Gasteiger partial charge is 0.410 e. The second kappa shape index (κ2) is 20.4. The maximum Gasteiger partial charge on any atom is 0.410 e. The van der Waals surface area contributed by atoms with Gasteiger partial charge >= 0.3 is 12.2 Å². The lowest BCUT2D eigenvalue weighted by molar-refractivity contribution is -0.118. The Labute approximate surface area is 333 Å². The Hall–Kier alpha value is -4.77. The molecule has 2 N–H and O–H groups in total. The van der Waals surface area contributed by atoms with Gasteiger partial charge in [-0.25, -0.2) is 9.59 Å². The number of benzene rings is 3. The van der Waals surface area contributed by atoms with E-state index in [1.165, 1.54) is 0 Å². The van der Waals surface area contributed by atoms with Gasteiger partial charge in [-0.3, -0.25) is 4.79 Å². The van der Waals surface area contributed by atoms with Gasteiger partial charge in [-0.1, -0.05) is 75.7 Å². The molecule has 3 amide bonds. The molecule has 56 heavy (non-hydrogen) atoms. The zero-order chi connectivity index (χ0) is 40.1. The molecule has 5 rings (SSSR count). The molecule has 11 nitrogen and oxygen atoms in total. The Kier molecular flexibility index (Phi) is 15.4. The van der Waals surface area contributed by atoms with Gasteiger partial charge in [0.1, 0.15) is 29.7 Å². The van der Waals surface area contributed by atoms with Crippen molar-refractivity contribution in [2.75, 3.05) is 57.9 Å². The normalized spacial score (nSPS) is 14.8. The third kappa shape index (κ3) is 11.9. The number of carbonyl (C=O) groups is 3. The standard InChI is InChI=1S/C45H62N4O7/c1-7-10-27-54-41-30-33(53-28-15-24-48(8-2)9-3)20-21-39(41)46-42(50)40(29-32-22-25-49(26-23-32)44(52)56-45(4,5)6)47-43(51)55-31-38-36-18-13-11-16-34(36)35-17-12-14-19-37(35)38/h11-14,16-21,30,32,38,40H,7-10,15,22-29,31H2,1-6H3,(H,46,50)(H,47,51). The van der Waals surface area contributed by atoms with E-state index in [-0.39, 0.29) is 30.4 Å². The molecular weight excluding hydrogens is 709 g/mol. The largest absolute Gasteiger partial charge is 0.493 e. The van der Waals surface area contributed by atoms with E-state index in [0.717, 1.165) is 61.2 Å². The summed E-state index contributed by atoms with van der Waals surface area (Å²) in [6.45, 7) is 17.1. The Morgan fingerprint density at radius 1 is 0.857 bits per heavy atom. The molecule has 1 aliphatic carbocycles. The molecule has 1 fully saturated rings. The van der Waals surface area contributed by atoms with E-state index in [2.05, 4.69) is 60.6 Å². The van der Waals surface area contributed by atoms with Gasteiger partial charge in [0.15, 0.2) is 0 Å². The Morgan fingerprint density at radius 2 is 1.50 bits per heavy atom. The van der Waals surface area contributed by atoms with Crippen LogP contribution in [0.15, 0.2) is 66.7 Å². The van der Waals surface area contributed by atoms with Gasteiger partial charge in [-0.2, -0.15) is 0 Å². The van der Waals surface area contributed by atoms with Crippen molar-refractivity contribution in [1.82, 2.24) is 15.1 Å². The second-order valence-corrected chi connectivity index (χ2v) is 15.7. The summed E-state index contributed by atoms with van der Waals surface area (Å²) in [6, 6.07) is 20.9. The minimum atomic E-state index is -0.900. The van der Waals surface area contributed by atoms with Crippen molar-refractivity contribution < 1.29 is 33.3 Å². The zero-order valence-corrected chi connectivity index (χ0v) is 34.2. The molecule has 1 unspecified atom stereocenters. The van der Waals surface area contributed by atoms with Crippen LogP contribution in [0, 0.1) is 5.92 Å². The molecule has 1 atom stereocenters. The highest BCUT2D eigenvalue weighted by Gasteiger charge is 2.33. The molecular formula is C45H62N4O7. The number of ether oxygens (including phenoxy) is 4. The highest BCUT2D eigenvalue weighted by atomic mass is 16.6. The van der Waals surface area contributed by atoms with Crippen molar-refractivity contribution >= 4 is 23.8 Å². The summed E-state index contributed by atoms with van der Waals surface area (Å²) in [5.74, 6) is 0.767. The van der Waals surface area contributed by atoms with Gasteiger partial charge in [0, 0.05) is 31.6 Å². The highest BCUT2D eigenvalue weighted by Crippen LogP contribution is 2.44. The number of nitrogens with zero attached hydrogens (tertiary/aromatic N) is 2. The summed E-state index contributed by atoms with van der Waals surface area (Å²) in [4.78, 5) is 44.6. The van der Waals surface area contributed by atoms with Crippen LogP contribution in [-0.4, -0.2) is 92.1 Å². The van der Waals surface area contributed by atoms with Crippen molar-refractivity contribution in [3.8, 4) is 22.6 Å². The third-order valence-corrected chi connectivity index (χ3v) is 10.5. The summed E-state index contributed by atoms with van der Waals surface area (Å²) >= 11 is 0. The summed E-state index contributed by atoms with van der Waals surface area (Å²) in [5, 5.41) is 5.96. The fourth-order valence-electron chi connectivity index (χ4n) is 7.40. The second-order valence-electron chi connectivity index (χ2n) is 15.7. The number of amides is 3. The number of hydrogen-bond donors (Lipinski definition) is 2. The minimum absolute atomic E-state index is 0.0747. The fourth-order valence-corrected chi connectivity index (χ4v) is 7.40. The van der Waals surface area contributed by atoms with Gasteiger partial charge < -0.3 is 39.4 Å². The van der Waals surface area contributed by atoms with E-state index in [1.807, 2.05) is 57.2 Å². The molecule has 3 aromatic carbocycles. The van der Waals surface area contributed by atoms with E-state index in [0.29, 0.717) is 62.8 Å². The number of fused-ring (bicyclic) bond motifs is 3. The van der Waals surface area contributed by atoms with Crippen LogP contribution in [0.2, 0.25) is 0 Å². The Bertz CT molecular complexity index is 1700. The van der Waals surface area contributed by atoms with Crippen molar-refractivity contribution in [2.45, 2.75) is 97.6 Å². The lowest BCUT2D eigenvalue weighted by atomic mass is 9.90. The number of likely N-dealkylation sites (tertiary alicyclic amines) is 1. The fraction of sp³-hybridized carbons (Fsp3) is 0.533. The number of hydrogen-bond acceptors (Lipinski definition) is 8. The molecule has 1 heterocycles. The van der Waals surface area contributed by atoms with Crippen molar-refractivity contribution in [3.05, 3.63) is 77.9 Å². The molecule has 0 spiro atoms. The SMILES string of the molecule is CCCCOc1cc(OCCCN(CC)CC)ccc1NC(=O)C(CC1CCN(C(=O)OC(C)(C)C)CC1)NC(=O)OCC1c2ccccc2-c2ccccc21. The average molecular weight is 771 g/mol. The number of anilines is 1. The van der Waals surface area contributed by atoms with E-state index >= 15 is 0 Å². The number of alkyl carbamates (subject to hydrolysis) is 1. The van der Waals surface area contributed by atoms with Crippen LogP contribution in [0.4, 0.5) is 15.3 Å². The molecule has 3 aromatic rings. The molecule has 304 valence electrons. The Balaban J connectivity index is 1.28. The topological polar surface area (TPSA) is 119 Å². The van der Waals surface area contributed by atoms with Crippen molar-refractivity contribution in [2.24, 2.45) is 5.92 Å². The first kappa shape index (κ1) is 42.4. The van der Waals surface area contributed by atoms with E-state index in [9.17, 15) is 14.4 Å². The zero-order valence-electron chi connectivity index (χ0n) is 34.2. The molecule has 0 bridgehead atoms. The summed E-state index contributed by atoms with van der Waals surface area (Å²) < 4.78 is 23.7. The summed E-state index contributed by atoms with van der Waals surface area (Å²) in [7, 11) is 0. The average Bonchev–Trinajstić information content (AvgIpc) is 3.50. The predicted octanol–water partition coefficient (Wildman–Crippen LogP) is 8.86. The van der Waals surface area contributed by atoms with Crippen molar-refractivity contribution in [1.29, 1.82) is 0 Å². The number of carbonyl (C=O) groups excluding carboxylic acids is 3. The minimum Gasteiger partial charge on any atom is -0.493 e. The monoisotopic (exact) mass is 770 g/mol. The summed E-state index contributed by atoms with van der Waals surface area (Å²) in [5.41, 5.74) is 4.42. The molecule has 0 aromatic heterocycles. The number of unbranched alkanes of at least 4 members (excludes halogenated alkanes) is 1. The summed E-state index contributed by atoms with van der Waals surface area (Å²) in [6.07, 6.45) is 3.42. The molecule has 0 radical (unpaired) electrons. The van der Waals surface area contributed by atoms with Gasteiger partial charge in [0.2, 0.25) is 5.91 Å². The molecule has 1 aliphatic heterocycles. The van der Waals surface area contributed by atoms with Crippen LogP contribution >= 0.6 is 0 Å². The number of rotatable bonds is 18.